The quantitative estimate of drug-likeness (QED) is 0.863. The van der Waals surface area contributed by atoms with E-state index in [2.05, 4.69) is 56.5 Å². The Morgan fingerprint density at radius 2 is 1.76 bits per heavy atom. The number of fused-ring (bicyclic) bond motifs is 1. The molecule has 1 N–H and O–H groups in total. The third-order valence-corrected chi connectivity index (χ3v) is 7.00. The number of nitrogens with one attached hydrogen (secondary N) is 1. The van der Waals surface area contributed by atoms with Gasteiger partial charge in [0.25, 0.3) is 0 Å². The molecule has 0 saturated carbocycles. The number of benzene rings is 1. The van der Waals surface area contributed by atoms with Crippen LogP contribution >= 0.6 is 0 Å². The minimum absolute atomic E-state index is 0.541. The van der Waals surface area contributed by atoms with E-state index in [9.17, 15) is 0 Å². The molecule has 0 bridgehead atoms. The summed E-state index contributed by atoms with van der Waals surface area (Å²) >= 11 is 0. The molecule has 3 aliphatic rings. The van der Waals surface area contributed by atoms with Crippen molar-refractivity contribution in [1.82, 2.24) is 20.2 Å². The minimum Gasteiger partial charge on any atom is -0.341 e. The average molecular weight is 392 g/mol. The van der Waals surface area contributed by atoms with Crippen molar-refractivity contribution in [1.29, 1.82) is 0 Å². The number of hydrogen-bond acceptors (Lipinski definition) is 5. The van der Waals surface area contributed by atoms with Crippen molar-refractivity contribution in [2.75, 3.05) is 31.1 Å². The van der Waals surface area contributed by atoms with Crippen LogP contribution in [0.3, 0.4) is 0 Å². The smallest absolute Gasteiger partial charge is 0.225 e. The van der Waals surface area contributed by atoms with Crippen LogP contribution in [-0.4, -0.2) is 53.1 Å². The Kier molecular flexibility index (Phi) is 5.77. The van der Waals surface area contributed by atoms with Crippen molar-refractivity contribution in [3.63, 3.8) is 0 Å². The highest BCUT2D eigenvalue weighted by Gasteiger charge is 2.39. The number of anilines is 1. The molecule has 0 spiro atoms. The van der Waals surface area contributed by atoms with Crippen LogP contribution in [0.4, 0.5) is 5.95 Å². The Hall–Kier alpha value is -1.98. The fourth-order valence-corrected chi connectivity index (χ4v) is 5.60. The molecule has 3 atom stereocenters. The zero-order chi connectivity index (χ0) is 19.5. The van der Waals surface area contributed by atoms with Gasteiger partial charge in [-0.1, -0.05) is 36.8 Å². The number of likely N-dealkylation sites (tertiary alicyclic amines) is 1. The van der Waals surface area contributed by atoms with E-state index in [4.69, 9.17) is 4.98 Å². The van der Waals surface area contributed by atoms with Gasteiger partial charge in [-0.25, -0.2) is 9.97 Å². The molecule has 29 heavy (non-hydrogen) atoms. The highest BCUT2D eigenvalue weighted by Crippen LogP contribution is 2.36. The van der Waals surface area contributed by atoms with E-state index < -0.39 is 0 Å². The predicted octanol–water partition coefficient (Wildman–Crippen LogP) is 3.58. The molecule has 4 heterocycles. The zero-order valence-corrected chi connectivity index (χ0v) is 17.3. The first-order valence-electron chi connectivity index (χ1n) is 11.5. The van der Waals surface area contributed by atoms with Gasteiger partial charge in [0, 0.05) is 43.8 Å². The maximum atomic E-state index is 4.97. The summed E-state index contributed by atoms with van der Waals surface area (Å²) in [6.07, 6.45) is 9.56. The van der Waals surface area contributed by atoms with E-state index in [1.54, 1.807) is 0 Å². The maximum Gasteiger partial charge on any atom is 0.225 e. The average Bonchev–Trinajstić information content (AvgIpc) is 3.24. The van der Waals surface area contributed by atoms with Gasteiger partial charge in [0.2, 0.25) is 5.95 Å². The number of hydrogen-bond donors (Lipinski definition) is 1. The Balaban J connectivity index is 1.40. The number of nitrogens with zero attached hydrogens (tertiary/aromatic N) is 4. The summed E-state index contributed by atoms with van der Waals surface area (Å²) in [6, 6.07) is 14.4. The second-order valence-electron chi connectivity index (χ2n) is 8.87. The van der Waals surface area contributed by atoms with Gasteiger partial charge in [-0.05, 0) is 56.8 Å². The minimum atomic E-state index is 0.541. The molecular formula is C24H33N5. The fourth-order valence-electron chi connectivity index (χ4n) is 5.60. The van der Waals surface area contributed by atoms with Gasteiger partial charge >= 0.3 is 0 Å². The molecule has 0 amide bonds. The topological polar surface area (TPSA) is 44.3 Å². The van der Waals surface area contributed by atoms with Crippen LogP contribution < -0.4 is 10.2 Å². The summed E-state index contributed by atoms with van der Waals surface area (Å²) in [5, 5.41) is 3.85. The van der Waals surface area contributed by atoms with Gasteiger partial charge in [-0.3, -0.25) is 4.90 Å². The normalized spacial score (nSPS) is 28.1. The third kappa shape index (κ3) is 4.17. The van der Waals surface area contributed by atoms with Gasteiger partial charge < -0.3 is 10.2 Å². The Labute approximate surface area is 174 Å². The summed E-state index contributed by atoms with van der Waals surface area (Å²) in [6.45, 7) is 5.40. The van der Waals surface area contributed by atoms with Crippen LogP contribution in [0.5, 0.6) is 0 Å². The lowest BCUT2D eigenvalue weighted by atomic mass is 9.80. The lowest BCUT2D eigenvalue weighted by Crippen LogP contribution is -2.56. The largest absolute Gasteiger partial charge is 0.341 e. The highest BCUT2D eigenvalue weighted by molar-refractivity contribution is 5.31. The summed E-state index contributed by atoms with van der Waals surface area (Å²) < 4.78 is 0. The molecule has 1 aromatic carbocycles. The molecule has 3 aliphatic heterocycles. The van der Waals surface area contributed by atoms with Crippen LogP contribution in [0, 0.1) is 0 Å². The van der Waals surface area contributed by atoms with Crippen molar-refractivity contribution in [2.24, 2.45) is 0 Å². The zero-order valence-electron chi connectivity index (χ0n) is 17.3. The molecule has 3 saturated heterocycles. The van der Waals surface area contributed by atoms with Crippen LogP contribution in [0.1, 0.15) is 55.7 Å². The van der Waals surface area contributed by atoms with E-state index in [-0.39, 0.29) is 0 Å². The second-order valence-corrected chi connectivity index (χ2v) is 8.87. The monoisotopic (exact) mass is 391 g/mol. The van der Waals surface area contributed by atoms with Crippen LogP contribution in [0.15, 0.2) is 42.6 Å². The van der Waals surface area contributed by atoms with E-state index in [0.717, 1.165) is 38.7 Å². The summed E-state index contributed by atoms with van der Waals surface area (Å²) in [4.78, 5) is 14.6. The van der Waals surface area contributed by atoms with Gasteiger partial charge in [0.15, 0.2) is 0 Å². The molecule has 3 fully saturated rings. The summed E-state index contributed by atoms with van der Waals surface area (Å²) in [7, 11) is 0. The maximum absolute atomic E-state index is 4.97. The van der Waals surface area contributed by atoms with Gasteiger partial charge in [-0.2, -0.15) is 0 Å². The molecule has 5 nitrogen and oxygen atoms in total. The molecule has 0 unspecified atom stereocenters. The first-order chi connectivity index (χ1) is 14.4. The van der Waals surface area contributed by atoms with Crippen molar-refractivity contribution >= 4 is 5.95 Å². The highest BCUT2D eigenvalue weighted by atomic mass is 15.3. The van der Waals surface area contributed by atoms with Crippen molar-refractivity contribution < 1.29 is 0 Å². The van der Waals surface area contributed by atoms with E-state index >= 15 is 0 Å². The second kappa shape index (κ2) is 8.80. The van der Waals surface area contributed by atoms with Crippen LogP contribution in [-0.2, 0) is 6.54 Å². The molecule has 5 heteroatoms. The van der Waals surface area contributed by atoms with Crippen LogP contribution in [0.2, 0.25) is 0 Å². The lowest BCUT2D eigenvalue weighted by molar-refractivity contribution is 0.111. The van der Waals surface area contributed by atoms with Crippen molar-refractivity contribution in [3.05, 3.63) is 53.9 Å². The first kappa shape index (κ1) is 19.0. The third-order valence-electron chi connectivity index (χ3n) is 7.00. The van der Waals surface area contributed by atoms with Crippen molar-refractivity contribution in [2.45, 2.75) is 63.1 Å². The Bertz CT molecular complexity index is 789. The molecule has 0 radical (unpaired) electrons. The van der Waals surface area contributed by atoms with E-state index in [1.807, 2.05) is 6.20 Å². The Morgan fingerprint density at radius 3 is 2.62 bits per heavy atom. The van der Waals surface area contributed by atoms with Crippen molar-refractivity contribution in [3.8, 4) is 0 Å². The number of piperidine rings is 1. The summed E-state index contributed by atoms with van der Waals surface area (Å²) in [5.41, 5.74) is 2.66. The fraction of sp³-hybridized carbons (Fsp3) is 0.583. The standard InChI is InChI=1S/C24H33N5/c1-2-8-19(9-3-1)21-12-14-25-22-10-4-5-17-29(23(21)22)18-20-11-13-26-24(27-20)28-15-6-7-16-28/h1-3,8-9,11,13,21-23,25H,4-7,10,12,14-18H2/t21-,22-,23-/m1/s1. The molecular weight excluding hydrogens is 358 g/mol. The van der Waals surface area contributed by atoms with Gasteiger partial charge in [0.05, 0.1) is 5.69 Å². The summed E-state index contributed by atoms with van der Waals surface area (Å²) in [5.74, 6) is 1.52. The van der Waals surface area contributed by atoms with Gasteiger partial charge in [0.1, 0.15) is 0 Å². The molecule has 0 aliphatic carbocycles. The molecule has 1 aromatic heterocycles. The Morgan fingerprint density at radius 1 is 0.931 bits per heavy atom. The SMILES string of the molecule is c1ccc([C@H]2CCN[C@@H]3CCCCN(Cc4ccnc(N5CCCC5)n4)[C@H]23)cc1. The number of rotatable bonds is 4. The van der Waals surface area contributed by atoms with Crippen LogP contribution in [0.25, 0.3) is 0 Å². The van der Waals surface area contributed by atoms with E-state index in [1.165, 1.54) is 49.8 Å². The molecule has 5 rings (SSSR count). The van der Waals surface area contributed by atoms with Gasteiger partial charge in [-0.15, -0.1) is 0 Å². The van der Waals surface area contributed by atoms with E-state index in [0.29, 0.717) is 18.0 Å². The first-order valence-corrected chi connectivity index (χ1v) is 11.5. The number of aromatic nitrogens is 2. The molecule has 154 valence electrons. The lowest BCUT2D eigenvalue weighted by Gasteiger charge is -2.44. The molecule has 2 aromatic rings. The predicted molar refractivity (Wildman–Crippen MR) is 117 cm³/mol.